The van der Waals surface area contributed by atoms with E-state index in [9.17, 15) is 4.79 Å². The topological polar surface area (TPSA) is 29.1 Å². The highest BCUT2D eigenvalue weighted by atomic mass is 35.5. The Balaban J connectivity index is 2.52. The number of nitrogens with one attached hydrogen (secondary N) is 1. The van der Waals surface area contributed by atoms with Crippen LogP contribution in [-0.4, -0.2) is 17.3 Å². The van der Waals surface area contributed by atoms with E-state index in [0.29, 0.717) is 12.3 Å². The van der Waals surface area contributed by atoms with Crippen LogP contribution < -0.4 is 5.32 Å². The first-order chi connectivity index (χ1) is 9.05. The Morgan fingerprint density at radius 3 is 2.53 bits per heavy atom. The van der Waals surface area contributed by atoms with E-state index in [4.69, 9.17) is 11.6 Å². The maximum atomic E-state index is 12.0. The summed E-state index contributed by atoms with van der Waals surface area (Å²) in [6.07, 6.45) is 3.02. The molecule has 0 aliphatic carbocycles. The second-order valence-electron chi connectivity index (χ2n) is 5.16. The molecule has 0 unspecified atom stereocenters. The maximum Gasteiger partial charge on any atom is 0.220 e. The maximum absolute atomic E-state index is 12.0. The average Bonchev–Trinajstić information content (AvgIpc) is 2.43. The van der Waals surface area contributed by atoms with Gasteiger partial charge in [-0.3, -0.25) is 4.79 Å². The zero-order chi connectivity index (χ0) is 14.3. The molecular formula is C16H24ClNO. The molecule has 0 radical (unpaired) electrons. The number of rotatable bonds is 7. The quantitative estimate of drug-likeness (QED) is 0.756. The van der Waals surface area contributed by atoms with Crippen LogP contribution in [0.1, 0.15) is 44.2 Å². The molecule has 0 aliphatic rings. The van der Waals surface area contributed by atoms with Crippen molar-refractivity contribution in [1.29, 1.82) is 0 Å². The molecule has 0 saturated heterocycles. The number of carbonyl (C=O) groups is 1. The summed E-state index contributed by atoms with van der Waals surface area (Å²) in [5.74, 6) is 0.557. The molecule has 1 aromatic carbocycles. The molecule has 0 aromatic heterocycles. The molecule has 0 bridgehead atoms. The number of benzene rings is 1. The summed E-state index contributed by atoms with van der Waals surface area (Å²) >= 11 is 5.99. The van der Waals surface area contributed by atoms with E-state index in [-0.39, 0.29) is 11.4 Å². The van der Waals surface area contributed by atoms with Crippen molar-refractivity contribution in [2.24, 2.45) is 0 Å². The first-order valence-corrected chi connectivity index (χ1v) is 7.51. The molecule has 106 valence electrons. The van der Waals surface area contributed by atoms with Crippen LogP contribution >= 0.6 is 11.6 Å². The lowest BCUT2D eigenvalue weighted by molar-refractivity contribution is -0.122. The van der Waals surface area contributed by atoms with Gasteiger partial charge in [-0.15, -0.1) is 11.6 Å². The summed E-state index contributed by atoms with van der Waals surface area (Å²) in [6, 6.07) is 8.29. The molecule has 0 aliphatic heterocycles. The average molecular weight is 282 g/mol. The van der Waals surface area contributed by atoms with Gasteiger partial charge in [-0.2, -0.15) is 0 Å². The van der Waals surface area contributed by atoms with Crippen molar-refractivity contribution in [2.45, 2.75) is 52.0 Å². The van der Waals surface area contributed by atoms with Crippen molar-refractivity contribution in [2.75, 3.05) is 5.88 Å². The minimum Gasteiger partial charge on any atom is -0.349 e. The molecule has 0 fully saturated rings. The SMILES string of the molecule is CCC(CC)(CCl)NC(=O)CCc1cccc(C)c1. The predicted molar refractivity (Wildman–Crippen MR) is 81.7 cm³/mol. The van der Waals surface area contributed by atoms with Crippen LogP contribution in [0.15, 0.2) is 24.3 Å². The van der Waals surface area contributed by atoms with Crippen LogP contribution in [0, 0.1) is 6.92 Å². The van der Waals surface area contributed by atoms with Crippen molar-refractivity contribution in [3.63, 3.8) is 0 Å². The number of hydrogen-bond acceptors (Lipinski definition) is 1. The second kappa shape index (κ2) is 7.54. The Bertz CT molecular complexity index is 405. The molecule has 0 heterocycles. The first-order valence-electron chi connectivity index (χ1n) is 6.97. The van der Waals surface area contributed by atoms with Crippen LogP contribution in [0.4, 0.5) is 0 Å². The molecule has 0 spiro atoms. The van der Waals surface area contributed by atoms with E-state index >= 15 is 0 Å². The van der Waals surface area contributed by atoms with Crippen molar-refractivity contribution >= 4 is 17.5 Å². The molecule has 1 N–H and O–H groups in total. The van der Waals surface area contributed by atoms with E-state index in [1.165, 1.54) is 11.1 Å². The smallest absolute Gasteiger partial charge is 0.220 e. The zero-order valence-corrected chi connectivity index (χ0v) is 12.9. The van der Waals surface area contributed by atoms with Gasteiger partial charge in [0.25, 0.3) is 0 Å². The van der Waals surface area contributed by atoms with Gasteiger partial charge in [-0.1, -0.05) is 43.7 Å². The van der Waals surface area contributed by atoms with E-state index in [2.05, 4.69) is 44.3 Å². The Hall–Kier alpha value is -1.02. The molecule has 1 rings (SSSR count). The molecule has 3 heteroatoms. The largest absolute Gasteiger partial charge is 0.349 e. The number of amides is 1. The van der Waals surface area contributed by atoms with Crippen molar-refractivity contribution < 1.29 is 4.79 Å². The number of hydrogen-bond donors (Lipinski definition) is 1. The zero-order valence-electron chi connectivity index (χ0n) is 12.1. The lowest BCUT2D eigenvalue weighted by Gasteiger charge is -2.30. The summed E-state index contributed by atoms with van der Waals surface area (Å²) in [4.78, 5) is 12.0. The van der Waals surface area contributed by atoms with Gasteiger partial charge < -0.3 is 5.32 Å². The Morgan fingerprint density at radius 1 is 1.32 bits per heavy atom. The van der Waals surface area contributed by atoms with Crippen LogP contribution in [0.2, 0.25) is 0 Å². The molecule has 19 heavy (non-hydrogen) atoms. The van der Waals surface area contributed by atoms with Crippen LogP contribution in [0.25, 0.3) is 0 Å². The number of aryl methyl sites for hydroxylation is 2. The van der Waals surface area contributed by atoms with Gasteiger partial charge in [0.1, 0.15) is 0 Å². The summed E-state index contributed by atoms with van der Waals surface area (Å²) in [5, 5.41) is 3.09. The third-order valence-corrected chi connectivity index (χ3v) is 4.25. The highest BCUT2D eigenvalue weighted by Gasteiger charge is 2.26. The highest BCUT2D eigenvalue weighted by molar-refractivity contribution is 6.18. The van der Waals surface area contributed by atoms with E-state index < -0.39 is 0 Å². The lowest BCUT2D eigenvalue weighted by atomic mass is 9.94. The van der Waals surface area contributed by atoms with Crippen LogP contribution in [-0.2, 0) is 11.2 Å². The summed E-state index contributed by atoms with van der Waals surface area (Å²) in [6.45, 7) is 6.19. The minimum absolute atomic E-state index is 0.0888. The van der Waals surface area contributed by atoms with Crippen LogP contribution in [0.3, 0.4) is 0 Å². The molecule has 1 aromatic rings. The van der Waals surface area contributed by atoms with Gasteiger partial charge in [0.15, 0.2) is 0 Å². The fraction of sp³-hybridized carbons (Fsp3) is 0.562. The van der Waals surface area contributed by atoms with E-state index in [1.54, 1.807) is 0 Å². The Morgan fingerprint density at radius 2 is 2.00 bits per heavy atom. The number of carbonyl (C=O) groups excluding carboxylic acids is 1. The second-order valence-corrected chi connectivity index (χ2v) is 5.43. The molecule has 0 saturated carbocycles. The van der Waals surface area contributed by atoms with Gasteiger partial charge in [-0.25, -0.2) is 0 Å². The fourth-order valence-corrected chi connectivity index (χ4v) is 2.58. The lowest BCUT2D eigenvalue weighted by Crippen LogP contribution is -2.49. The third-order valence-electron chi connectivity index (χ3n) is 3.74. The standard InChI is InChI=1S/C16H24ClNO/c1-4-16(5-2,12-17)18-15(19)10-9-14-8-6-7-13(3)11-14/h6-8,11H,4-5,9-10,12H2,1-3H3,(H,18,19). The van der Waals surface area contributed by atoms with Crippen molar-refractivity contribution in [3.8, 4) is 0 Å². The normalized spacial score (nSPS) is 11.4. The van der Waals surface area contributed by atoms with Gasteiger partial charge >= 0.3 is 0 Å². The van der Waals surface area contributed by atoms with Crippen molar-refractivity contribution in [3.05, 3.63) is 35.4 Å². The van der Waals surface area contributed by atoms with E-state index in [0.717, 1.165) is 19.3 Å². The molecule has 1 amide bonds. The summed E-state index contributed by atoms with van der Waals surface area (Å²) < 4.78 is 0. The van der Waals surface area contributed by atoms with Gasteiger partial charge in [0.2, 0.25) is 5.91 Å². The summed E-state index contributed by atoms with van der Waals surface area (Å²) in [7, 11) is 0. The molecular weight excluding hydrogens is 258 g/mol. The monoisotopic (exact) mass is 281 g/mol. The third kappa shape index (κ3) is 4.87. The number of halogens is 1. The Labute approximate surface area is 121 Å². The first kappa shape index (κ1) is 16.0. The summed E-state index contributed by atoms with van der Waals surface area (Å²) in [5.41, 5.74) is 2.19. The van der Waals surface area contributed by atoms with E-state index in [1.807, 2.05) is 6.07 Å². The van der Waals surface area contributed by atoms with Gasteiger partial charge in [0.05, 0.1) is 5.54 Å². The molecule has 2 nitrogen and oxygen atoms in total. The minimum atomic E-state index is -0.245. The fourth-order valence-electron chi connectivity index (χ4n) is 2.13. The van der Waals surface area contributed by atoms with Gasteiger partial charge in [0, 0.05) is 12.3 Å². The molecule has 0 atom stereocenters. The Kier molecular flexibility index (Phi) is 6.36. The highest BCUT2D eigenvalue weighted by Crippen LogP contribution is 2.17. The van der Waals surface area contributed by atoms with Crippen molar-refractivity contribution in [1.82, 2.24) is 5.32 Å². The van der Waals surface area contributed by atoms with Gasteiger partial charge in [-0.05, 0) is 31.7 Å². The number of alkyl halides is 1. The predicted octanol–water partition coefficient (Wildman–Crippen LogP) is 3.84. The van der Waals surface area contributed by atoms with Crippen LogP contribution in [0.5, 0.6) is 0 Å².